The van der Waals surface area contributed by atoms with Crippen molar-refractivity contribution in [3.63, 3.8) is 0 Å². The molecular formula is C14H16F3N3. The maximum absolute atomic E-state index is 12.5. The van der Waals surface area contributed by atoms with E-state index in [0.29, 0.717) is 18.3 Å². The zero-order valence-electron chi connectivity index (χ0n) is 11.3. The van der Waals surface area contributed by atoms with Crippen LogP contribution in [0, 0.1) is 0 Å². The van der Waals surface area contributed by atoms with Crippen LogP contribution in [-0.4, -0.2) is 15.8 Å². The number of aromatic nitrogens is 2. The zero-order chi connectivity index (χ0) is 14.8. The third-order valence-corrected chi connectivity index (χ3v) is 2.79. The SMILES string of the molecule is CC(C)NCc1ccn(-c2ccc(C(F)(F)F)cc2)n1. The quantitative estimate of drug-likeness (QED) is 0.932. The Hall–Kier alpha value is -1.82. The minimum absolute atomic E-state index is 0.353. The van der Waals surface area contributed by atoms with Gasteiger partial charge in [-0.25, -0.2) is 4.68 Å². The van der Waals surface area contributed by atoms with E-state index in [1.165, 1.54) is 12.1 Å². The number of hydrogen-bond donors (Lipinski definition) is 1. The second-order valence-electron chi connectivity index (χ2n) is 4.83. The fourth-order valence-corrected chi connectivity index (χ4v) is 1.71. The topological polar surface area (TPSA) is 29.9 Å². The van der Waals surface area contributed by atoms with Gasteiger partial charge in [-0.1, -0.05) is 13.8 Å². The second-order valence-corrected chi connectivity index (χ2v) is 4.83. The van der Waals surface area contributed by atoms with Gasteiger partial charge >= 0.3 is 6.18 Å². The Balaban J connectivity index is 2.12. The summed E-state index contributed by atoms with van der Waals surface area (Å²) in [5.74, 6) is 0. The molecule has 2 rings (SSSR count). The molecule has 1 N–H and O–H groups in total. The molecule has 0 aliphatic rings. The van der Waals surface area contributed by atoms with Gasteiger partial charge in [0, 0.05) is 18.8 Å². The van der Waals surface area contributed by atoms with E-state index in [-0.39, 0.29) is 0 Å². The van der Waals surface area contributed by atoms with Gasteiger partial charge in [-0.15, -0.1) is 0 Å². The van der Waals surface area contributed by atoms with Crippen molar-refractivity contribution < 1.29 is 13.2 Å². The molecule has 3 nitrogen and oxygen atoms in total. The highest BCUT2D eigenvalue weighted by atomic mass is 19.4. The lowest BCUT2D eigenvalue weighted by Gasteiger charge is -2.08. The lowest BCUT2D eigenvalue weighted by molar-refractivity contribution is -0.137. The number of hydrogen-bond acceptors (Lipinski definition) is 2. The van der Waals surface area contributed by atoms with Crippen LogP contribution in [0.15, 0.2) is 36.5 Å². The summed E-state index contributed by atoms with van der Waals surface area (Å²) in [5, 5.41) is 7.55. The molecule has 0 fully saturated rings. The molecule has 0 saturated heterocycles. The smallest absolute Gasteiger partial charge is 0.309 e. The van der Waals surface area contributed by atoms with E-state index in [0.717, 1.165) is 17.8 Å². The van der Waals surface area contributed by atoms with Crippen LogP contribution < -0.4 is 5.32 Å². The van der Waals surface area contributed by atoms with Crippen LogP contribution >= 0.6 is 0 Å². The molecule has 0 radical (unpaired) electrons. The van der Waals surface area contributed by atoms with Crippen molar-refractivity contribution in [3.8, 4) is 5.69 Å². The molecular weight excluding hydrogens is 267 g/mol. The summed E-state index contributed by atoms with van der Waals surface area (Å²) in [7, 11) is 0. The Morgan fingerprint density at radius 3 is 2.35 bits per heavy atom. The highest BCUT2D eigenvalue weighted by Gasteiger charge is 2.29. The molecule has 0 aliphatic carbocycles. The summed E-state index contributed by atoms with van der Waals surface area (Å²) in [6.07, 6.45) is -2.57. The number of rotatable bonds is 4. The van der Waals surface area contributed by atoms with E-state index in [2.05, 4.69) is 10.4 Å². The van der Waals surface area contributed by atoms with Gasteiger partial charge in [-0.3, -0.25) is 0 Å². The lowest BCUT2D eigenvalue weighted by atomic mass is 10.2. The molecule has 1 heterocycles. The monoisotopic (exact) mass is 283 g/mol. The number of alkyl halides is 3. The fourth-order valence-electron chi connectivity index (χ4n) is 1.71. The van der Waals surface area contributed by atoms with Crippen molar-refractivity contribution in [1.82, 2.24) is 15.1 Å². The Morgan fingerprint density at radius 2 is 1.80 bits per heavy atom. The van der Waals surface area contributed by atoms with Gasteiger partial charge in [0.1, 0.15) is 0 Å². The average Bonchev–Trinajstić information content (AvgIpc) is 2.84. The largest absolute Gasteiger partial charge is 0.416 e. The molecule has 0 unspecified atom stereocenters. The first-order valence-electron chi connectivity index (χ1n) is 6.32. The van der Waals surface area contributed by atoms with Crippen molar-refractivity contribution >= 4 is 0 Å². The lowest BCUT2D eigenvalue weighted by Crippen LogP contribution is -2.22. The van der Waals surface area contributed by atoms with Crippen molar-refractivity contribution in [2.24, 2.45) is 0 Å². The minimum atomic E-state index is -4.31. The molecule has 0 saturated carbocycles. The molecule has 2 aromatic rings. The summed E-state index contributed by atoms with van der Waals surface area (Å²) in [5.41, 5.74) is 0.794. The van der Waals surface area contributed by atoms with Gasteiger partial charge < -0.3 is 5.32 Å². The Morgan fingerprint density at radius 1 is 1.15 bits per heavy atom. The maximum Gasteiger partial charge on any atom is 0.416 e. The molecule has 1 aromatic heterocycles. The Bertz CT molecular complexity index is 556. The number of nitrogens with one attached hydrogen (secondary N) is 1. The van der Waals surface area contributed by atoms with Crippen LogP contribution in [0.3, 0.4) is 0 Å². The van der Waals surface area contributed by atoms with Gasteiger partial charge in [0.15, 0.2) is 0 Å². The predicted molar refractivity (Wildman–Crippen MR) is 70.5 cm³/mol. The summed E-state index contributed by atoms with van der Waals surface area (Å²) in [6, 6.07) is 7.13. The van der Waals surface area contributed by atoms with Crippen LogP contribution in [0.1, 0.15) is 25.1 Å². The van der Waals surface area contributed by atoms with Gasteiger partial charge in [-0.05, 0) is 30.3 Å². The predicted octanol–water partition coefficient (Wildman–Crippen LogP) is 3.39. The molecule has 108 valence electrons. The normalized spacial score (nSPS) is 12.1. The Kier molecular flexibility index (Phi) is 4.13. The van der Waals surface area contributed by atoms with Crippen molar-refractivity contribution in [1.29, 1.82) is 0 Å². The van der Waals surface area contributed by atoms with E-state index in [1.807, 2.05) is 19.9 Å². The van der Waals surface area contributed by atoms with Crippen LogP contribution in [0.4, 0.5) is 13.2 Å². The molecule has 0 spiro atoms. The molecule has 0 amide bonds. The van der Waals surface area contributed by atoms with Gasteiger partial charge in [-0.2, -0.15) is 18.3 Å². The number of halogens is 3. The first-order valence-corrected chi connectivity index (χ1v) is 6.32. The summed E-state index contributed by atoms with van der Waals surface area (Å²) in [6.45, 7) is 4.70. The van der Waals surface area contributed by atoms with Crippen LogP contribution in [0.2, 0.25) is 0 Å². The molecule has 0 aliphatic heterocycles. The molecule has 1 aromatic carbocycles. The summed E-state index contributed by atoms with van der Waals surface area (Å²) >= 11 is 0. The number of nitrogens with zero attached hydrogens (tertiary/aromatic N) is 2. The standard InChI is InChI=1S/C14H16F3N3/c1-10(2)18-9-12-7-8-20(19-12)13-5-3-11(4-6-13)14(15,16)17/h3-8,10,18H,9H2,1-2H3. The van der Waals surface area contributed by atoms with Crippen LogP contribution in [0.5, 0.6) is 0 Å². The van der Waals surface area contributed by atoms with Crippen molar-refractivity contribution in [3.05, 3.63) is 47.8 Å². The average molecular weight is 283 g/mol. The summed E-state index contributed by atoms with van der Waals surface area (Å²) < 4.78 is 39.0. The first kappa shape index (κ1) is 14.6. The molecule has 20 heavy (non-hydrogen) atoms. The molecule has 0 bridgehead atoms. The van der Waals surface area contributed by atoms with E-state index in [4.69, 9.17) is 0 Å². The second kappa shape index (κ2) is 5.66. The number of benzene rings is 1. The molecule has 6 heteroatoms. The van der Waals surface area contributed by atoms with E-state index >= 15 is 0 Å². The van der Waals surface area contributed by atoms with Crippen LogP contribution in [0.25, 0.3) is 5.69 Å². The first-order chi connectivity index (χ1) is 9.36. The third-order valence-electron chi connectivity index (χ3n) is 2.79. The highest BCUT2D eigenvalue weighted by Crippen LogP contribution is 2.29. The van der Waals surface area contributed by atoms with Crippen LogP contribution in [-0.2, 0) is 12.7 Å². The highest BCUT2D eigenvalue weighted by molar-refractivity contribution is 5.35. The summed E-state index contributed by atoms with van der Waals surface area (Å²) in [4.78, 5) is 0. The van der Waals surface area contributed by atoms with E-state index in [1.54, 1.807) is 10.9 Å². The Labute approximate surface area is 115 Å². The maximum atomic E-state index is 12.5. The van der Waals surface area contributed by atoms with E-state index in [9.17, 15) is 13.2 Å². The fraction of sp³-hybridized carbons (Fsp3) is 0.357. The third kappa shape index (κ3) is 3.60. The van der Waals surface area contributed by atoms with Crippen molar-refractivity contribution in [2.75, 3.05) is 0 Å². The van der Waals surface area contributed by atoms with Crippen molar-refractivity contribution in [2.45, 2.75) is 32.6 Å². The van der Waals surface area contributed by atoms with E-state index < -0.39 is 11.7 Å². The van der Waals surface area contributed by atoms with Gasteiger partial charge in [0.05, 0.1) is 16.9 Å². The molecule has 0 atom stereocenters. The van der Waals surface area contributed by atoms with Gasteiger partial charge in [0.25, 0.3) is 0 Å². The van der Waals surface area contributed by atoms with Gasteiger partial charge in [0.2, 0.25) is 0 Å². The minimum Gasteiger partial charge on any atom is -0.309 e. The zero-order valence-corrected chi connectivity index (χ0v) is 11.3.